The first-order valence-corrected chi connectivity index (χ1v) is 8.19. The Balaban J connectivity index is 1.97. The highest BCUT2D eigenvalue weighted by molar-refractivity contribution is 6.00. The van der Waals surface area contributed by atoms with E-state index in [0.717, 1.165) is 4.68 Å². The number of nitrogens with one attached hydrogen (secondary N) is 1. The number of benzene rings is 2. The van der Waals surface area contributed by atoms with E-state index in [2.05, 4.69) is 15.1 Å². The van der Waals surface area contributed by atoms with Crippen LogP contribution < -0.4 is 16.2 Å². The highest BCUT2D eigenvalue weighted by Gasteiger charge is 2.19. The van der Waals surface area contributed by atoms with E-state index in [-0.39, 0.29) is 27.9 Å². The molecule has 0 aliphatic heterocycles. The molecule has 4 rings (SSSR count). The van der Waals surface area contributed by atoms with E-state index in [4.69, 9.17) is 0 Å². The summed E-state index contributed by atoms with van der Waals surface area (Å²) in [5.74, 6) is -1.29. The van der Waals surface area contributed by atoms with Gasteiger partial charge in [0.2, 0.25) is 0 Å². The van der Waals surface area contributed by atoms with Crippen molar-refractivity contribution >= 4 is 27.6 Å². The van der Waals surface area contributed by atoms with Crippen LogP contribution in [-0.2, 0) is 0 Å². The maximum atomic E-state index is 12.8. The van der Waals surface area contributed by atoms with Gasteiger partial charge in [-0.15, -0.1) is 0 Å². The van der Waals surface area contributed by atoms with E-state index in [1.54, 1.807) is 43.3 Å². The fraction of sp³-hybridized carbons (Fsp3) is 0.105. The SMILES string of the molecule is C[C@H](c1nc2ccccc2c(=O)[nH]1)n1nc(C(=O)[O-])c2ccccc2c1=O. The lowest BCUT2D eigenvalue weighted by molar-refractivity contribution is -0.255. The van der Waals surface area contributed by atoms with Gasteiger partial charge in [0.15, 0.2) is 0 Å². The number of aromatic carboxylic acids is 1. The number of hydrogen-bond donors (Lipinski definition) is 1. The second kappa shape index (κ2) is 6.17. The van der Waals surface area contributed by atoms with Crippen molar-refractivity contribution in [3.05, 3.63) is 80.8 Å². The molecule has 134 valence electrons. The van der Waals surface area contributed by atoms with Gasteiger partial charge < -0.3 is 14.9 Å². The molecular weight excluding hydrogens is 348 g/mol. The highest BCUT2D eigenvalue weighted by Crippen LogP contribution is 2.17. The number of carboxylic acids is 1. The normalized spacial score (nSPS) is 12.3. The van der Waals surface area contributed by atoms with Crippen LogP contribution in [0.5, 0.6) is 0 Å². The zero-order chi connectivity index (χ0) is 19.1. The number of aromatic amines is 1. The van der Waals surface area contributed by atoms with Crippen LogP contribution >= 0.6 is 0 Å². The first kappa shape index (κ1) is 16.6. The number of nitrogens with zero attached hydrogens (tertiary/aromatic N) is 3. The molecule has 0 radical (unpaired) electrons. The lowest BCUT2D eigenvalue weighted by Gasteiger charge is -2.17. The molecule has 0 bridgehead atoms. The molecule has 0 saturated carbocycles. The summed E-state index contributed by atoms with van der Waals surface area (Å²) in [6.45, 7) is 1.61. The topological polar surface area (TPSA) is 121 Å². The first-order chi connectivity index (χ1) is 13.0. The first-order valence-electron chi connectivity index (χ1n) is 8.19. The van der Waals surface area contributed by atoms with Crippen LogP contribution in [0.15, 0.2) is 58.1 Å². The summed E-state index contributed by atoms with van der Waals surface area (Å²) in [6, 6.07) is 12.3. The molecule has 0 spiro atoms. The molecule has 0 saturated heterocycles. The average Bonchev–Trinajstić information content (AvgIpc) is 2.67. The molecule has 0 aliphatic carbocycles. The highest BCUT2D eigenvalue weighted by atomic mass is 16.4. The lowest BCUT2D eigenvalue weighted by atomic mass is 10.1. The Morgan fingerprint density at radius 3 is 2.37 bits per heavy atom. The van der Waals surface area contributed by atoms with Gasteiger partial charge in [0, 0.05) is 5.39 Å². The molecule has 8 nitrogen and oxygen atoms in total. The molecule has 2 aromatic carbocycles. The Kier molecular flexibility index (Phi) is 3.80. The Morgan fingerprint density at radius 1 is 1.04 bits per heavy atom. The van der Waals surface area contributed by atoms with Crippen molar-refractivity contribution in [3.63, 3.8) is 0 Å². The molecule has 8 heteroatoms. The Morgan fingerprint density at radius 2 is 1.67 bits per heavy atom. The average molecular weight is 361 g/mol. The summed E-state index contributed by atoms with van der Waals surface area (Å²) in [7, 11) is 0. The monoisotopic (exact) mass is 361 g/mol. The minimum Gasteiger partial charge on any atom is -0.543 e. The van der Waals surface area contributed by atoms with Gasteiger partial charge in [0.25, 0.3) is 11.1 Å². The van der Waals surface area contributed by atoms with Crippen molar-refractivity contribution in [2.75, 3.05) is 0 Å². The maximum absolute atomic E-state index is 12.8. The summed E-state index contributed by atoms with van der Waals surface area (Å²) in [4.78, 5) is 43.7. The number of carboxylic acid groups (broad SMARTS) is 1. The third-order valence-electron chi connectivity index (χ3n) is 4.42. The summed E-state index contributed by atoms with van der Waals surface area (Å²) in [5, 5.41) is 16.3. The number of rotatable bonds is 3. The second-order valence-corrected chi connectivity index (χ2v) is 6.08. The largest absolute Gasteiger partial charge is 0.543 e. The quantitative estimate of drug-likeness (QED) is 0.571. The molecule has 1 atom stereocenters. The van der Waals surface area contributed by atoms with Crippen molar-refractivity contribution in [2.24, 2.45) is 0 Å². The van der Waals surface area contributed by atoms with Gasteiger partial charge in [-0.1, -0.05) is 30.3 Å². The molecule has 0 aliphatic rings. The summed E-state index contributed by atoms with van der Waals surface area (Å²) in [6.07, 6.45) is 0. The van der Waals surface area contributed by atoms with Crippen molar-refractivity contribution in [2.45, 2.75) is 13.0 Å². The van der Waals surface area contributed by atoms with E-state index in [1.807, 2.05) is 0 Å². The van der Waals surface area contributed by atoms with Crippen molar-refractivity contribution < 1.29 is 9.90 Å². The second-order valence-electron chi connectivity index (χ2n) is 6.08. The standard InChI is InChI=1S/C19H14N4O4/c1-10(16-20-14-9-5-4-8-13(14)17(24)21-16)23-18(25)12-7-3-2-6-11(12)15(22-23)19(26)27/h2-10H,1H3,(H,26,27)(H,20,21,24)/p-1/t10-/m1/s1. The van der Waals surface area contributed by atoms with Gasteiger partial charge in [-0.25, -0.2) is 9.67 Å². The third kappa shape index (κ3) is 2.67. The predicted octanol–water partition coefficient (Wildman–Crippen LogP) is 0.606. The molecule has 1 N–H and O–H groups in total. The van der Waals surface area contributed by atoms with E-state index < -0.39 is 17.6 Å². The van der Waals surface area contributed by atoms with Gasteiger partial charge in [-0.05, 0) is 25.1 Å². The molecule has 0 unspecified atom stereocenters. The van der Waals surface area contributed by atoms with Gasteiger partial charge in [0.05, 0.1) is 22.3 Å². The number of fused-ring (bicyclic) bond motifs is 2. The molecular formula is C19H13N4O4-. The number of aromatic nitrogens is 4. The van der Waals surface area contributed by atoms with Crippen LogP contribution in [0.1, 0.15) is 29.3 Å². The summed E-state index contributed by atoms with van der Waals surface area (Å²) >= 11 is 0. The van der Waals surface area contributed by atoms with Gasteiger partial charge in [-0.3, -0.25) is 9.59 Å². The number of hydrogen-bond acceptors (Lipinski definition) is 6. The van der Waals surface area contributed by atoms with Crippen LogP contribution in [0.25, 0.3) is 21.7 Å². The zero-order valence-corrected chi connectivity index (χ0v) is 14.2. The van der Waals surface area contributed by atoms with Crippen LogP contribution in [0.2, 0.25) is 0 Å². The molecule has 0 fully saturated rings. The molecule has 4 aromatic rings. The van der Waals surface area contributed by atoms with E-state index in [9.17, 15) is 19.5 Å². The van der Waals surface area contributed by atoms with E-state index in [1.165, 1.54) is 12.1 Å². The van der Waals surface area contributed by atoms with Crippen LogP contribution in [0.3, 0.4) is 0 Å². The summed E-state index contributed by atoms with van der Waals surface area (Å²) in [5.41, 5.74) is -0.715. The lowest BCUT2D eigenvalue weighted by Crippen LogP contribution is -2.33. The Hall–Kier alpha value is -3.81. The molecule has 27 heavy (non-hydrogen) atoms. The predicted molar refractivity (Wildman–Crippen MR) is 96.5 cm³/mol. The minimum atomic E-state index is -1.49. The van der Waals surface area contributed by atoms with E-state index >= 15 is 0 Å². The molecule has 2 heterocycles. The summed E-state index contributed by atoms with van der Waals surface area (Å²) < 4.78 is 1.00. The van der Waals surface area contributed by atoms with Gasteiger partial charge in [-0.2, -0.15) is 5.10 Å². The molecule has 0 amide bonds. The fourth-order valence-electron chi connectivity index (χ4n) is 3.04. The smallest absolute Gasteiger partial charge is 0.275 e. The Labute approximate surface area is 151 Å². The number of para-hydroxylation sites is 1. The Bertz CT molecular complexity index is 1320. The number of carbonyl (C=O) groups excluding carboxylic acids is 1. The minimum absolute atomic E-state index is 0.196. The maximum Gasteiger partial charge on any atom is 0.275 e. The van der Waals surface area contributed by atoms with Crippen molar-refractivity contribution in [1.82, 2.24) is 19.7 Å². The van der Waals surface area contributed by atoms with Crippen LogP contribution in [-0.4, -0.2) is 25.7 Å². The van der Waals surface area contributed by atoms with Crippen molar-refractivity contribution in [1.29, 1.82) is 0 Å². The van der Waals surface area contributed by atoms with Gasteiger partial charge in [0.1, 0.15) is 17.6 Å². The van der Waals surface area contributed by atoms with Crippen LogP contribution in [0, 0.1) is 0 Å². The van der Waals surface area contributed by atoms with E-state index in [0.29, 0.717) is 10.9 Å². The third-order valence-corrected chi connectivity index (χ3v) is 4.42. The van der Waals surface area contributed by atoms with Crippen molar-refractivity contribution in [3.8, 4) is 0 Å². The number of H-pyrrole nitrogens is 1. The van der Waals surface area contributed by atoms with Crippen LogP contribution in [0.4, 0.5) is 0 Å². The number of carbonyl (C=O) groups is 1. The zero-order valence-electron chi connectivity index (χ0n) is 14.2. The fourth-order valence-corrected chi connectivity index (χ4v) is 3.04. The molecule has 2 aromatic heterocycles. The van der Waals surface area contributed by atoms with Gasteiger partial charge >= 0.3 is 0 Å².